The van der Waals surface area contributed by atoms with E-state index in [4.69, 9.17) is 21.1 Å². The van der Waals surface area contributed by atoms with Gasteiger partial charge in [0, 0.05) is 12.1 Å². The molecule has 1 N–H and O–H groups in total. The first-order valence-corrected chi connectivity index (χ1v) is 9.15. The number of anilines is 1. The van der Waals surface area contributed by atoms with Crippen molar-refractivity contribution in [1.82, 2.24) is 9.55 Å². The smallest absolute Gasteiger partial charge is 0.360 e. The van der Waals surface area contributed by atoms with Gasteiger partial charge in [0.15, 0.2) is 5.69 Å². The molecule has 0 spiro atoms. The van der Waals surface area contributed by atoms with Gasteiger partial charge in [0.1, 0.15) is 0 Å². The number of nitrogens with zero attached hydrogens (tertiary/aromatic N) is 2. The number of hydrogen-bond acceptors (Lipinski definition) is 6. The average Bonchev–Trinajstić information content (AvgIpc) is 2.75. The molecule has 0 saturated carbocycles. The van der Waals surface area contributed by atoms with Crippen LogP contribution in [0.25, 0.3) is 0 Å². The second-order valence-corrected chi connectivity index (χ2v) is 6.59. The van der Waals surface area contributed by atoms with Crippen molar-refractivity contribution in [3.05, 3.63) is 86.8 Å². The summed E-state index contributed by atoms with van der Waals surface area (Å²) in [5.41, 5.74) is 0.985. The number of nitrogens with one attached hydrogen (secondary N) is 1. The lowest BCUT2D eigenvalue weighted by Gasteiger charge is -2.23. The minimum atomic E-state index is -0.767. The van der Waals surface area contributed by atoms with Crippen molar-refractivity contribution in [1.29, 1.82) is 0 Å². The van der Waals surface area contributed by atoms with Gasteiger partial charge >= 0.3 is 5.97 Å². The molecular weight excluding hydrogens is 394 g/mol. The van der Waals surface area contributed by atoms with Gasteiger partial charge in [0.05, 0.1) is 20.3 Å². The number of rotatable bonds is 6. The van der Waals surface area contributed by atoms with Gasteiger partial charge in [0.2, 0.25) is 11.7 Å². The number of ether oxygens (including phenoxy) is 2. The lowest BCUT2D eigenvalue weighted by atomic mass is 9.99. The summed E-state index contributed by atoms with van der Waals surface area (Å²) in [7, 11) is 4.05. The summed E-state index contributed by atoms with van der Waals surface area (Å²) in [6.07, 6.45) is 0. The summed E-state index contributed by atoms with van der Waals surface area (Å²) in [5.74, 6) is -0.777. The zero-order chi connectivity index (χ0) is 21.0. The van der Waals surface area contributed by atoms with Crippen LogP contribution in [-0.4, -0.2) is 29.7 Å². The standard InChI is InChI=1S/C21H20ClN3O4/c1-25-19(26)18(28-2)17(20(27)29-3)24-21(25)23-16(13-9-5-4-6-10-13)14-11-7-8-12-15(14)22/h4-12,16H,1-3H3,(H,23,24). The Kier molecular flexibility index (Phi) is 6.19. The second-order valence-electron chi connectivity index (χ2n) is 6.18. The van der Waals surface area contributed by atoms with E-state index in [-0.39, 0.29) is 17.4 Å². The highest BCUT2D eigenvalue weighted by molar-refractivity contribution is 6.31. The molecular formula is C21H20ClN3O4. The fourth-order valence-electron chi connectivity index (χ4n) is 2.95. The first-order valence-electron chi connectivity index (χ1n) is 8.77. The SMILES string of the molecule is COC(=O)c1nc(NC(c2ccccc2)c2ccccc2Cl)n(C)c(=O)c1OC. The van der Waals surface area contributed by atoms with Crippen LogP contribution in [0, 0.1) is 0 Å². The molecule has 0 aliphatic heterocycles. The summed E-state index contributed by atoms with van der Waals surface area (Å²) in [6.45, 7) is 0. The molecule has 0 aliphatic rings. The monoisotopic (exact) mass is 413 g/mol. The lowest BCUT2D eigenvalue weighted by molar-refractivity contribution is 0.0589. The molecule has 0 radical (unpaired) electrons. The first kappa shape index (κ1) is 20.4. The van der Waals surface area contributed by atoms with Crippen LogP contribution < -0.4 is 15.6 Å². The normalized spacial score (nSPS) is 11.6. The van der Waals surface area contributed by atoms with Crippen LogP contribution in [0.1, 0.15) is 27.7 Å². The van der Waals surface area contributed by atoms with Crippen LogP contribution in [0.2, 0.25) is 5.02 Å². The van der Waals surface area contributed by atoms with Crippen LogP contribution >= 0.6 is 11.6 Å². The number of halogens is 1. The van der Waals surface area contributed by atoms with Crippen molar-refractivity contribution >= 4 is 23.5 Å². The van der Waals surface area contributed by atoms with Crippen LogP contribution in [0.3, 0.4) is 0 Å². The predicted octanol–water partition coefficient (Wildman–Crippen LogP) is 3.43. The Balaban J connectivity index is 2.16. The van der Waals surface area contributed by atoms with Crippen LogP contribution in [0.4, 0.5) is 5.95 Å². The van der Waals surface area contributed by atoms with E-state index in [1.807, 2.05) is 48.5 Å². The molecule has 29 heavy (non-hydrogen) atoms. The molecule has 1 atom stereocenters. The van der Waals surface area contributed by atoms with Crippen molar-refractivity contribution in [2.45, 2.75) is 6.04 Å². The van der Waals surface area contributed by atoms with Crippen molar-refractivity contribution in [3.8, 4) is 5.75 Å². The summed E-state index contributed by atoms with van der Waals surface area (Å²) in [5, 5.41) is 3.79. The minimum absolute atomic E-state index is 0.171. The Hall–Kier alpha value is -3.32. The molecule has 8 heteroatoms. The average molecular weight is 414 g/mol. The van der Waals surface area contributed by atoms with Gasteiger partial charge in [-0.25, -0.2) is 9.78 Å². The molecule has 150 valence electrons. The van der Waals surface area contributed by atoms with Crippen LogP contribution in [-0.2, 0) is 11.8 Å². The Morgan fingerprint density at radius 2 is 1.76 bits per heavy atom. The van der Waals surface area contributed by atoms with E-state index in [1.165, 1.54) is 25.8 Å². The predicted molar refractivity (Wildman–Crippen MR) is 111 cm³/mol. The first-order chi connectivity index (χ1) is 14.0. The summed E-state index contributed by atoms with van der Waals surface area (Å²) >= 11 is 6.43. The third kappa shape index (κ3) is 4.09. The molecule has 1 unspecified atom stereocenters. The van der Waals surface area contributed by atoms with Gasteiger partial charge in [-0.15, -0.1) is 0 Å². The van der Waals surface area contributed by atoms with Crippen molar-refractivity contribution in [2.24, 2.45) is 7.05 Å². The molecule has 0 bridgehead atoms. The Morgan fingerprint density at radius 1 is 1.10 bits per heavy atom. The topological polar surface area (TPSA) is 82.5 Å². The van der Waals surface area contributed by atoms with Gasteiger partial charge in [-0.2, -0.15) is 0 Å². The highest BCUT2D eigenvalue weighted by Crippen LogP contribution is 2.31. The maximum Gasteiger partial charge on any atom is 0.360 e. The largest absolute Gasteiger partial charge is 0.489 e. The summed E-state index contributed by atoms with van der Waals surface area (Å²) < 4.78 is 11.1. The lowest BCUT2D eigenvalue weighted by Crippen LogP contribution is -2.28. The maximum absolute atomic E-state index is 12.7. The third-order valence-corrected chi connectivity index (χ3v) is 4.80. The molecule has 3 aromatic rings. The van der Waals surface area contributed by atoms with E-state index >= 15 is 0 Å². The minimum Gasteiger partial charge on any atom is -0.489 e. The van der Waals surface area contributed by atoms with Gasteiger partial charge in [-0.3, -0.25) is 9.36 Å². The molecule has 0 fully saturated rings. The molecule has 1 heterocycles. The molecule has 3 rings (SSSR count). The van der Waals surface area contributed by atoms with Crippen molar-refractivity contribution in [2.75, 3.05) is 19.5 Å². The fraction of sp³-hybridized carbons (Fsp3) is 0.190. The van der Waals surface area contributed by atoms with Gasteiger partial charge in [0.25, 0.3) is 5.56 Å². The van der Waals surface area contributed by atoms with Crippen LogP contribution in [0.5, 0.6) is 5.75 Å². The number of hydrogen-bond donors (Lipinski definition) is 1. The van der Waals surface area contributed by atoms with Gasteiger partial charge < -0.3 is 14.8 Å². The number of carbonyl (C=O) groups is 1. The number of aromatic nitrogens is 2. The Bertz CT molecular complexity index is 1080. The molecule has 0 saturated heterocycles. The molecule has 2 aromatic carbocycles. The van der Waals surface area contributed by atoms with E-state index in [2.05, 4.69) is 10.3 Å². The zero-order valence-corrected chi connectivity index (χ0v) is 16.9. The summed E-state index contributed by atoms with van der Waals surface area (Å²) in [6, 6.07) is 16.6. The summed E-state index contributed by atoms with van der Waals surface area (Å²) in [4.78, 5) is 29.1. The number of carbonyl (C=O) groups excluding carboxylic acids is 1. The fourth-order valence-corrected chi connectivity index (χ4v) is 3.20. The van der Waals surface area contributed by atoms with Crippen molar-refractivity contribution in [3.63, 3.8) is 0 Å². The van der Waals surface area contributed by atoms with Gasteiger partial charge in [-0.1, -0.05) is 60.1 Å². The third-order valence-electron chi connectivity index (χ3n) is 4.45. The van der Waals surface area contributed by atoms with Gasteiger partial charge in [-0.05, 0) is 17.2 Å². The van der Waals surface area contributed by atoms with E-state index in [1.54, 1.807) is 6.07 Å². The maximum atomic E-state index is 12.7. The second kappa shape index (κ2) is 8.79. The molecule has 0 amide bonds. The number of methoxy groups -OCH3 is 2. The molecule has 1 aromatic heterocycles. The van der Waals surface area contributed by atoms with E-state index < -0.39 is 17.6 Å². The Labute approximate surface area is 172 Å². The molecule has 7 nitrogen and oxygen atoms in total. The highest BCUT2D eigenvalue weighted by atomic mass is 35.5. The van der Waals surface area contributed by atoms with Crippen LogP contribution in [0.15, 0.2) is 59.4 Å². The van der Waals surface area contributed by atoms with Crippen molar-refractivity contribution < 1.29 is 14.3 Å². The van der Waals surface area contributed by atoms with E-state index in [9.17, 15) is 9.59 Å². The highest BCUT2D eigenvalue weighted by Gasteiger charge is 2.24. The molecule has 0 aliphatic carbocycles. The van der Waals surface area contributed by atoms with E-state index in [0.717, 1.165) is 11.1 Å². The number of esters is 1. The Morgan fingerprint density at radius 3 is 2.38 bits per heavy atom. The number of benzene rings is 2. The zero-order valence-electron chi connectivity index (χ0n) is 16.2. The van der Waals surface area contributed by atoms with E-state index in [0.29, 0.717) is 5.02 Å². The quantitative estimate of drug-likeness (QED) is 0.623.